The van der Waals surface area contributed by atoms with Crippen molar-refractivity contribution in [1.29, 1.82) is 0 Å². The Bertz CT molecular complexity index is 993. The molecule has 0 N–H and O–H groups in total. The summed E-state index contributed by atoms with van der Waals surface area (Å²) < 4.78 is 0. The maximum Gasteiger partial charge on any atom is 0.0927 e. The summed E-state index contributed by atoms with van der Waals surface area (Å²) >= 11 is 0. The van der Waals surface area contributed by atoms with Gasteiger partial charge in [0.15, 0.2) is 0 Å². The highest BCUT2D eigenvalue weighted by atomic mass is 15.2. The lowest BCUT2D eigenvalue weighted by molar-refractivity contribution is -0.0000843. The second kappa shape index (κ2) is 5.68. The van der Waals surface area contributed by atoms with E-state index in [1.807, 2.05) is 48.8 Å². The van der Waals surface area contributed by atoms with Gasteiger partial charge in [-0.2, -0.15) is 10.2 Å². The molecule has 0 radical (unpaired) electrons. The number of rotatable bonds is 2. The van der Waals surface area contributed by atoms with E-state index in [4.69, 9.17) is 0 Å². The first-order chi connectivity index (χ1) is 13.8. The van der Waals surface area contributed by atoms with E-state index in [0.717, 1.165) is 22.8 Å². The van der Waals surface area contributed by atoms with Crippen molar-refractivity contribution in [1.82, 2.24) is 9.97 Å². The van der Waals surface area contributed by atoms with Crippen LogP contribution in [0.4, 0.5) is 0 Å². The summed E-state index contributed by atoms with van der Waals surface area (Å²) in [6, 6.07) is 12.0. The molecule has 2 aromatic heterocycles. The van der Waals surface area contributed by atoms with Crippen molar-refractivity contribution in [2.45, 2.75) is 0 Å². The van der Waals surface area contributed by atoms with Gasteiger partial charge in [0.1, 0.15) is 0 Å². The molecule has 6 atom stereocenters. The van der Waals surface area contributed by atoms with Crippen molar-refractivity contribution in [3.63, 3.8) is 0 Å². The van der Waals surface area contributed by atoms with Gasteiger partial charge in [-0.25, -0.2) is 0 Å². The molecule has 2 aromatic rings. The lowest BCUT2D eigenvalue weighted by Gasteiger charge is -2.63. The normalized spacial score (nSPS) is 34.9. The zero-order valence-electron chi connectivity index (χ0n) is 15.4. The van der Waals surface area contributed by atoms with E-state index in [-0.39, 0.29) is 11.8 Å². The lowest BCUT2D eigenvalue weighted by Crippen LogP contribution is -2.63. The average Bonchev–Trinajstić information content (AvgIpc) is 2.75. The second-order valence-electron chi connectivity index (χ2n) is 8.09. The molecule has 0 aromatic carbocycles. The number of hydrogen-bond donors (Lipinski definition) is 0. The molecule has 136 valence electrons. The van der Waals surface area contributed by atoms with Gasteiger partial charge >= 0.3 is 0 Å². The molecule has 2 fully saturated rings. The molecule has 28 heavy (non-hydrogen) atoms. The quantitative estimate of drug-likeness (QED) is 0.754. The molecular formula is C24H20N4. The molecule has 0 saturated heterocycles. The highest BCUT2D eigenvalue weighted by molar-refractivity contribution is 6.12. The van der Waals surface area contributed by atoms with E-state index in [2.05, 4.69) is 45.5 Å². The van der Waals surface area contributed by atoms with Gasteiger partial charge in [-0.3, -0.25) is 9.97 Å². The highest BCUT2D eigenvalue weighted by Crippen LogP contribution is 2.65. The number of aromatic nitrogens is 2. The van der Waals surface area contributed by atoms with Crippen LogP contribution in [0.2, 0.25) is 0 Å². The number of hydrogen-bond acceptors (Lipinski definition) is 4. The number of allylic oxidation sites excluding steroid dienone is 4. The van der Waals surface area contributed by atoms with Crippen LogP contribution in [0.1, 0.15) is 11.4 Å². The largest absolute Gasteiger partial charge is 0.255 e. The van der Waals surface area contributed by atoms with E-state index in [0.29, 0.717) is 23.7 Å². The Hall–Kier alpha value is -3.14. The van der Waals surface area contributed by atoms with Crippen LogP contribution in [0, 0.1) is 35.5 Å². The van der Waals surface area contributed by atoms with Gasteiger partial charge < -0.3 is 0 Å². The van der Waals surface area contributed by atoms with Crippen LogP contribution in [0.5, 0.6) is 0 Å². The van der Waals surface area contributed by atoms with Crippen LogP contribution in [0.25, 0.3) is 0 Å². The number of pyridine rings is 2. The Morgan fingerprint density at radius 3 is 1.50 bits per heavy atom. The summed E-state index contributed by atoms with van der Waals surface area (Å²) in [6.45, 7) is 8.72. The van der Waals surface area contributed by atoms with Crippen molar-refractivity contribution in [3.8, 4) is 0 Å². The number of nitrogens with zero attached hydrogens (tertiary/aromatic N) is 4. The smallest absolute Gasteiger partial charge is 0.0927 e. The van der Waals surface area contributed by atoms with Crippen LogP contribution in [-0.2, 0) is 0 Å². The molecule has 4 aliphatic carbocycles. The van der Waals surface area contributed by atoms with Gasteiger partial charge in [0.05, 0.1) is 22.8 Å². The average molecular weight is 364 g/mol. The molecule has 0 spiro atoms. The van der Waals surface area contributed by atoms with Crippen molar-refractivity contribution >= 4 is 11.4 Å². The third-order valence-electron chi connectivity index (χ3n) is 6.98. The first-order valence-electron chi connectivity index (χ1n) is 9.80. The van der Waals surface area contributed by atoms with E-state index >= 15 is 0 Å². The number of fused-ring (bicyclic) bond motifs is 2. The van der Waals surface area contributed by atoms with Crippen LogP contribution in [0.3, 0.4) is 0 Å². The summed E-state index contributed by atoms with van der Waals surface area (Å²) in [4.78, 5) is 9.16. The molecule has 4 heteroatoms. The zero-order chi connectivity index (χ0) is 18.8. The zero-order valence-corrected chi connectivity index (χ0v) is 15.4. The van der Waals surface area contributed by atoms with E-state index in [9.17, 15) is 0 Å². The minimum atomic E-state index is 0.289. The van der Waals surface area contributed by atoms with Crippen molar-refractivity contribution in [2.75, 3.05) is 0 Å². The van der Waals surface area contributed by atoms with E-state index in [1.54, 1.807) is 0 Å². The Morgan fingerprint density at radius 2 is 1.11 bits per heavy atom. The van der Waals surface area contributed by atoms with E-state index < -0.39 is 0 Å². The molecular weight excluding hydrogens is 344 g/mol. The molecule has 0 unspecified atom stereocenters. The topological polar surface area (TPSA) is 50.5 Å². The Morgan fingerprint density at radius 1 is 0.643 bits per heavy atom. The van der Waals surface area contributed by atoms with Crippen LogP contribution in [-0.4, -0.2) is 21.4 Å². The molecule has 0 amide bonds. The molecule has 1 aliphatic heterocycles. The van der Waals surface area contributed by atoms with Gasteiger partial charge in [0, 0.05) is 36.1 Å². The van der Waals surface area contributed by atoms with Gasteiger partial charge in [0.25, 0.3) is 0 Å². The summed E-state index contributed by atoms with van der Waals surface area (Å²) in [6.07, 6.45) is 8.33. The summed E-state index contributed by atoms with van der Waals surface area (Å²) in [5.74, 6) is 2.20. The molecule has 4 nitrogen and oxygen atoms in total. The second-order valence-corrected chi connectivity index (χ2v) is 8.09. The van der Waals surface area contributed by atoms with Gasteiger partial charge in [-0.05, 0) is 47.2 Å². The van der Waals surface area contributed by atoms with Crippen LogP contribution in [0.15, 0.2) is 95.5 Å². The minimum absolute atomic E-state index is 0.289. The summed E-state index contributed by atoms with van der Waals surface area (Å²) in [7, 11) is 0. The first kappa shape index (κ1) is 15.9. The fraction of sp³-hybridized carbons (Fsp3) is 0.250. The van der Waals surface area contributed by atoms with E-state index in [1.165, 1.54) is 11.1 Å². The molecule has 2 saturated carbocycles. The standard InChI is InChI=1S/C24H20N4/c1-13-14(2)16-10-9-15(13)19-20(16)22-21(19)23(17-7-3-5-11-25-17)27-28-24(22)18-8-4-6-12-26-18/h3-12,15-16,19-22H,1-2H2/t15-,16+,19-,20-,21-,22-/m1/s1. The van der Waals surface area contributed by atoms with Crippen molar-refractivity contribution in [3.05, 3.63) is 96.6 Å². The summed E-state index contributed by atoms with van der Waals surface area (Å²) in [5.41, 5.74) is 6.24. The molecule has 3 heterocycles. The molecule has 2 bridgehead atoms. The van der Waals surface area contributed by atoms with Gasteiger partial charge in [-0.15, -0.1) is 0 Å². The van der Waals surface area contributed by atoms with Gasteiger partial charge in [-0.1, -0.05) is 37.4 Å². The monoisotopic (exact) mass is 364 g/mol. The van der Waals surface area contributed by atoms with Crippen molar-refractivity contribution in [2.24, 2.45) is 45.7 Å². The predicted octanol–water partition coefficient (Wildman–Crippen LogP) is 4.09. The predicted molar refractivity (Wildman–Crippen MR) is 110 cm³/mol. The fourth-order valence-electron chi connectivity index (χ4n) is 5.78. The summed E-state index contributed by atoms with van der Waals surface area (Å²) in [5, 5.41) is 9.37. The highest BCUT2D eigenvalue weighted by Gasteiger charge is 2.64. The third-order valence-corrected chi connectivity index (χ3v) is 6.98. The Labute approximate surface area is 164 Å². The fourth-order valence-corrected chi connectivity index (χ4v) is 5.78. The van der Waals surface area contributed by atoms with Crippen molar-refractivity contribution < 1.29 is 0 Å². The maximum absolute atomic E-state index is 4.68. The molecule has 7 rings (SSSR count). The molecule has 5 aliphatic rings. The minimum Gasteiger partial charge on any atom is -0.255 e. The third kappa shape index (κ3) is 1.95. The Kier molecular flexibility index (Phi) is 3.22. The van der Waals surface area contributed by atoms with Crippen LogP contribution < -0.4 is 0 Å². The SMILES string of the molecule is C=C1C(=C)[C@@H]2C=C[C@H]1[C@H]1[C@H]3C(c4ccccn4)=NN=C(c4ccccn4)[C@@H]3[C@@H]12. The maximum atomic E-state index is 4.68. The Balaban J connectivity index is 1.51. The first-order valence-corrected chi connectivity index (χ1v) is 9.80. The van der Waals surface area contributed by atoms with Gasteiger partial charge in [0.2, 0.25) is 0 Å². The lowest BCUT2D eigenvalue weighted by atomic mass is 9.40. The van der Waals surface area contributed by atoms with Crippen LogP contribution >= 0.6 is 0 Å².